The minimum Gasteiger partial charge on any atom is -0.339 e. The number of hydrogen-bond acceptors (Lipinski definition) is 3. The van der Waals surface area contributed by atoms with Crippen LogP contribution in [0.3, 0.4) is 0 Å². The van der Waals surface area contributed by atoms with Crippen LogP contribution in [0.25, 0.3) is 16.6 Å². The average Bonchev–Trinajstić information content (AvgIpc) is 3.12. The summed E-state index contributed by atoms with van der Waals surface area (Å²) in [5.74, 6) is 0.0334. The van der Waals surface area contributed by atoms with Gasteiger partial charge in [-0.05, 0) is 88.4 Å². The maximum atomic E-state index is 14.2. The number of hydrogen-bond donors (Lipinski definition) is 1. The Balaban J connectivity index is 1.85. The number of halogens is 1. The molecule has 0 atom stereocenters. The van der Waals surface area contributed by atoms with E-state index in [1.54, 1.807) is 18.0 Å². The Morgan fingerprint density at radius 1 is 1.29 bits per heavy atom. The summed E-state index contributed by atoms with van der Waals surface area (Å²) in [5, 5.41) is 4.62. The van der Waals surface area contributed by atoms with Crippen molar-refractivity contribution in [2.75, 3.05) is 20.1 Å². The maximum Gasteiger partial charge on any atom is 0.256 e. The van der Waals surface area contributed by atoms with Gasteiger partial charge in [-0.25, -0.2) is 4.39 Å². The third-order valence-electron chi connectivity index (χ3n) is 6.49. The molecule has 0 bridgehead atoms. The highest BCUT2D eigenvalue weighted by atomic mass is 19.1. The van der Waals surface area contributed by atoms with Gasteiger partial charge >= 0.3 is 0 Å². The second-order valence-electron chi connectivity index (χ2n) is 8.94. The van der Waals surface area contributed by atoms with Crippen molar-refractivity contribution in [3.05, 3.63) is 59.3 Å². The monoisotopic (exact) mass is 422 g/mol. The van der Waals surface area contributed by atoms with Gasteiger partial charge in [0.25, 0.3) is 5.91 Å². The van der Waals surface area contributed by atoms with E-state index in [1.807, 2.05) is 30.8 Å². The van der Waals surface area contributed by atoms with Crippen LogP contribution in [0.4, 0.5) is 4.39 Å². The summed E-state index contributed by atoms with van der Waals surface area (Å²) in [7, 11) is 1.75. The quantitative estimate of drug-likeness (QED) is 0.659. The topological polar surface area (TPSA) is 50.2 Å². The van der Waals surface area contributed by atoms with Gasteiger partial charge in [0.2, 0.25) is 0 Å². The Labute approximate surface area is 183 Å². The van der Waals surface area contributed by atoms with Crippen molar-refractivity contribution in [3.8, 4) is 5.69 Å². The second-order valence-corrected chi connectivity index (χ2v) is 8.94. The van der Waals surface area contributed by atoms with E-state index in [4.69, 9.17) is 0 Å². The Bertz CT molecular complexity index is 1100. The smallest absolute Gasteiger partial charge is 0.256 e. The first-order chi connectivity index (χ1) is 14.9. The van der Waals surface area contributed by atoms with Crippen molar-refractivity contribution in [2.45, 2.75) is 46.1 Å². The molecule has 6 heteroatoms. The fourth-order valence-electron chi connectivity index (χ4n) is 4.51. The minimum absolute atomic E-state index is 0.0180. The van der Waals surface area contributed by atoms with Crippen molar-refractivity contribution in [2.24, 2.45) is 5.92 Å². The summed E-state index contributed by atoms with van der Waals surface area (Å²) >= 11 is 0. The number of amides is 1. The lowest BCUT2D eigenvalue weighted by molar-refractivity contribution is 0.0754. The first-order valence-electron chi connectivity index (χ1n) is 11.1. The van der Waals surface area contributed by atoms with Crippen molar-refractivity contribution in [1.82, 2.24) is 19.8 Å². The van der Waals surface area contributed by atoms with Crippen molar-refractivity contribution >= 4 is 16.8 Å². The molecule has 0 radical (unpaired) electrons. The Morgan fingerprint density at radius 3 is 2.74 bits per heavy atom. The van der Waals surface area contributed by atoms with Gasteiger partial charge in [-0.1, -0.05) is 0 Å². The highest BCUT2D eigenvalue weighted by Gasteiger charge is 2.23. The number of rotatable bonds is 5. The molecule has 1 aliphatic heterocycles. The molecule has 4 rings (SSSR count). The van der Waals surface area contributed by atoms with Gasteiger partial charge in [0.1, 0.15) is 5.82 Å². The number of nitrogens with zero attached hydrogens (tertiary/aromatic N) is 3. The molecule has 0 spiro atoms. The number of fused-ring (bicyclic) bond motifs is 1. The van der Waals surface area contributed by atoms with Crippen LogP contribution in [0.5, 0.6) is 0 Å². The van der Waals surface area contributed by atoms with Gasteiger partial charge in [-0.15, -0.1) is 0 Å². The van der Waals surface area contributed by atoms with E-state index < -0.39 is 5.82 Å². The number of piperidine rings is 1. The lowest BCUT2D eigenvalue weighted by Gasteiger charge is -2.23. The molecule has 1 fully saturated rings. The Morgan fingerprint density at radius 2 is 2.03 bits per heavy atom. The number of carbonyl (C=O) groups is 1. The summed E-state index contributed by atoms with van der Waals surface area (Å²) < 4.78 is 16.2. The van der Waals surface area contributed by atoms with E-state index in [9.17, 15) is 9.18 Å². The van der Waals surface area contributed by atoms with Crippen molar-refractivity contribution in [3.63, 3.8) is 0 Å². The molecule has 31 heavy (non-hydrogen) atoms. The highest BCUT2D eigenvalue weighted by molar-refractivity contribution is 5.99. The largest absolute Gasteiger partial charge is 0.339 e. The Kier molecular flexibility index (Phi) is 6.10. The van der Waals surface area contributed by atoms with Crippen molar-refractivity contribution < 1.29 is 9.18 Å². The molecule has 2 aromatic heterocycles. The number of nitrogens with one attached hydrogen (secondary N) is 1. The number of pyridine rings is 1. The predicted molar refractivity (Wildman–Crippen MR) is 122 cm³/mol. The van der Waals surface area contributed by atoms with E-state index >= 15 is 0 Å². The zero-order valence-corrected chi connectivity index (χ0v) is 18.8. The van der Waals surface area contributed by atoms with Crippen LogP contribution in [0.1, 0.15) is 48.2 Å². The molecule has 1 aromatic carbocycles. The van der Waals surface area contributed by atoms with Gasteiger partial charge in [0.15, 0.2) is 0 Å². The van der Waals surface area contributed by atoms with Gasteiger partial charge in [0.05, 0.1) is 23.0 Å². The third-order valence-corrected chi connectivity index (χ3v) is 6.49. The molecule has 1 saturated heterocycles. The summed E-state index contributed by atoms with van der Waals surface area (Å²) in [5.41, 5.74) is 4.39. The molecule has 1 aliphatic rings. The molecular weight excluding hydrogens is 391 g/mol. The van der Waals surface area contributed by atoms with E-state index in [1.165, 1.54) is 23.1 Å². The summed E-state index contributed by atoms with van der Waals surface area (Å²) in [4.78, 5) is 19.2. The molecule has 0 unspecified atom stereocenters. The van der Waals surface area contributed by atoms with Crippen LogP contribution in [-0.2, 0) is 6.42 Å². The van der Waals surface area contributed by atoms with Crippen LogP contribution >= 0.6 is 0 Å². The minimum atomic E-state index is -0.412. The molecule has 1 amide bonds. The predicted octanol–water partition coefficient (Wildman–Crippen LogP) is 4.50. The molecule has 3 aromatic rings. The summed E-state index contributed by atoms with van der Waals surface area (Å²) in [6, 6.07) is 4.48. The first kappa shape index (κ1) is 21.5. The SMILES string of the molecule is Cc1cncc2c1c(CC1CCNCC1)cn2-c1ccc(F)cc1C(=O)N(C)C(C)C. The average molecular weight is 423 g/mol. The third kappa shape index (κ3) is 4.22. The lowest BCUT2D eigenvalue weighted by Crippen LogP contribution is -2.33. The Hall–Kier alpha value is -2.73. The number of aromatic nitrogens is 2. The standard InChI is InChI=1S/C25H31FN4O/c1-16(2)29(4)25(31)21-12-20(26)5-6-22(21)30-15-19(11-18-7-9-27-10-8-18)24-17(3)13-28-14-23(24)30/h5-6,12-16,18,27H,7-11H2,1-4H3. The van der Waals surface area contributed by atoms with Crippen LogP contribution in [-0.4, -0.2) is 46.5 Å². The maximum absolute atomic E-state index is 14.2. The number of aryl methyl sites for hydroxylation is 1. The summed E-state index contributed by atoms with van der Waals surface area (Å²) in [6.45, 7) is 8.09. The molecule has 164 valence electrons. The van der Waals surface area contributed by atoms with E-state index in [0.29, 0.717) is 17.2 Å². The lowest BCUT2D eigenvalue weighted by atomic mass is 9.90. The van der Waals surface area contributed by atoms with E-state index in [2.05, 4.69) is 23.4 Å². The molecule has 3 heterocycles. The van der Waals surface area contributed by atoms with Gasteiger partial charge in [0, 0.05) is 30.9 Å². The van der Waals surface area contributed by atoms with Crippen LogP contribution in [0.2, 0.25) is 0 Å². The fourth-order valence-corrected chi connectivity index (χ4v) is 4.51. The second kappa shape index (κ2) is 8.79. The van der Waals surface area contributed by atoms with E-state index in [0.717, 1.165) is 43.4 Å². The van der Waals surface area contributed by atoms with Crippen LogP contribution in [0.15, 0.2) is 36.8 Å². The molecule has 1 N–H and O–H groups in total. The van der Waals surface area contributed by atoms with Gasteiger partial charge < -0.3 is 14.8 Å². The molecular formula is C25H31FN4O. The normalized spacial score (nSPS) is 15.0. The van der Waals surface area contributed by atoms with Crippen LogP contribution in [0, 0.1) is 18.7 Å². The van der Waals surface area contributed by atoms with E-state index in [-0.39, 0.29) is 11.9 Å². The number of carbonyl (C=O) groups excluding carboxylic acids is 1. The van der Waals surface area contributed by atoms with Crippen molar-refractivity contribution in [1.29, 1.82) is 0 Å². The number of benzene rings is 1. The highest BCUT2D eigenvalue weighted by Crippen LogP contribution is 2.32. The van der Waals surface area contributed by atoms with Crippen LogP contribution < -0.4 is 5.32 Å². The first-order valence-corrected chi connectivity index (χ1v) is 11.1. The fraction of sp³-hybridized carbons (Fsp3) is 0.440. The molecule has 0 saturated carbocycles. The zero-order chi connectivity index (χ0) is 22.1. The summed E-state index contributed by atoms with van der Waals surface area (Å²) in [6.07, 6.45) is 9.18. The zero-order valence-electron chi connectivity index (χ0n) is 18.8. The van der Waals surface area contributed by atoms with Gasteiger partial charge in [-0.3, -0.25) is 9.78 Å². The van der Waals surface area contributed by atoms with Gasteiger partial charge in [-0.2, -0.15) is 0 Å². The molecule has 5 nitrogen and oxygen atoms in total. The molecule has 0 aliphatic carbocycles.